The van der Waals surface area contributed by atoms with Gasteiger partial charge >= 0.3 is 0 Å². The summed E-state index contributed by atoms with van der Waals surface area (Å²) in [4.78, 5) is 12.4. The highest BCUT2D eigenvalue weighted by Gasteiger charge is 2.17. The minimum atomic E-state index is -0.575. The number of halogens is 1. The number of carbonyl (C=O) groups is 1. The van der Waals surface area contributed by atoms with Crippen molar-refractivity contribution in [2.24, 2.45) is 0 Å². The van der Waals surface area contributed by atoms with Gasteiger partial charge < -0.3 is 10.1 Å². The summed E-state index contributed by atoms with van der Waals surface area (Å²) in [7, 11) is 0. The molecule has 23 heavy (non-hydrogen) atoms. The molecule has 0 saturated heterocycles. The zero-order valence-electron chi connectivity index (χ0n) is 14.2. The molecule has 1 unspecified atom stereocenters. The Morgan fingerprint density at radius 3 is 2.04 bits per heavy atom. The highest BCUT2D eigenvalue weighted by molar-refractivity contribution is 9.10. The zero-order valence-corrected chi connectivity index (χ0v) is 15.7. The van der Waals surface area contributed by atoms with Crippen molar-refractivity contribution in [2.45, 2.75) is 40.7 Å². The van der Waals surface area contributed by atoms with Gasteiger partial charge in [0.1, 0.15) is 5.75 Å². The van der Waals surface area contributed by atoms with Gasteiger partial charge in [-0.1, -0.05) is 22.0 Å². The van der Waals surface area contributed by atoms with E-state index in [-0.39, 0.29) is 5.91 Å². The van der Waals surface area contributed by atoms with Gasteiger partial charge in [-0.3, -0.25) is 4.79 Å². The molecule has 3 nitrogen and oxygen atoms in total. The maximum absolute atomic E-state index is 12.4. The minimum Gasteiger partial charge on any atom is -0.480 e. The average molecular weight is 376 g/mol. The number of ether oxygens (including phenoxy) is 1. The molecule has 0 heterocycles. The Morgan fingerprint density at radius 1 is 1.00 bits per heavy atom. The van der Waals surface area contributed by atoms with Gasteiger partial charge in [0.2, 0.25) is 0 Å². The molecule has 0 fully saturated rings. The van der Waals surface area contributed by atoms with Crippen molar-refractivity contribution in [3.05, 3.63) is 57.1 Å². The van der Waals surface area contributed by atoms with Crippen molar-refractivity contribution in [2.75, 3.05) is 5.32 Å². The number of hydrogen-bond acceptors (Lipinski definition) is 2. The van der Waals surface area contributed by atoms with Gasteiger partial charge in [0.25, 0.3) is 5.91 Å². The van der Waals surface area contributed by atoms with Gasteiger partial charge in [0, 0.05) is 10.2 Å². The zero-order chi connectivity index (χ0) is 17.1. The van der Waals surface area contributed by atoms with E-state index < -0.39 is 6.10 Å². The summed E-state index contributed by atoms with van der Waals surface area (Å²) >= 11 is 3.47. The summed E-state index contributed by atoms with van der Waals surface area (Å²) in [6.45, 7) is 9.73. The quantitative estimate of drug-likeness (QED) is 0.807. The van der Waals surface area contributed by atoms with Gasteiger partial charge in [0.05, 0.1) is 0 Å². The molecule has 2 aromatic carbocycles. The molecule has 2 rings (SSSR count). The third-order valence-corrected chi connectivity index (χ3v) is 4.04. The summed E-state index contributed by atoms with van der Waals surface area (Å²) < 4.78 is 6.90. The van der Waals surface area contributed by atoms with Gasteiger partial charge in [0.15, 0.2) is 6.10 Å². The van der Waals surface area contributed by atoms with E-state index in [2.05, 4.69) is 27.3 Å². The summed E-state index contributed by atoms with van der Waals surface area (Å²) in [5.74, 6) is 0.605. The molecule has 0 saturated carbocycles. The van der Waals surface area contributed by atoms with E-state index in [1.54, 1.807) is 6.92 Å². The van der Waals surface area contributed by atoms with Crippen LogP contribution in [0.2, 0.25) is 0 Å². The number of anilines is 1. The fraction of sp³-hybridized carbons (Fsp3) is 0.316. The van der Waals surface area contributed by atoms with Gasteiger partial charge in [-0.05, 0) is 81.1 Å². The molecule has 1 N–H and O–H groups in total. The summed E-state index contributed by atoms with van der Waals surface area (Å²) in [6, 6.07) is 9.94. The third kappa shape index (κ3) is 4.58. The molecule has 0 radical (unpaired) electrons. The highest BCUT2D eigenvalue weighted by atomic mass is 79.9. The smallest absolute Gasteiger partial charge is 0.265 e. The van der Waals surface area contributed by atoms with Crippen LogP contribution in [0, 0.1) is 27.7 Å². The van der Waals surface area contributed by atoms with Crippen LogP contribution in [0.25, 0.3) is 0 Å². The van der Waals surface area contributed by atoms with Crippen LogP contribution in [-0.4, -0.2) is 12.0 Å². The molecule has 4 heteroatoms. The largest absolute Gasteiger partial charge is 0.480 e. The lowest BCUT2D eigenvalue weighted by atomic mass is 10.1. The topological polar surface area (TPSA) is 38.3 Å². The maximum Gasteiger partial charge on any atom is 0.265 e. The molecule has 0 aliphatic rings. The summed E-state index contributed by atoms with van der Waals surface area (Å²) in [6.07, 6.45) is -0.575. The molecule has 0 spiro atoms. The van der Waals surface area contributed by atoms with E-state index >= 15 is 0 Å². The van der Waals surface area contributed by atoms with Gasteiger partial charge in [-0.2, -0.15) is 0 Å². The molecule has 0 bridgehead atoms. The monoisotopic (exact) mass is 375 g/mol. The van der Waals surface area contributed by atoms with E-state index in [0.29, 0.717) is 0 Å². The second-order valence-corrected chi connectivity index (χ2v) is 6.91. The van der Waals surface area contributed by atoms with Crippen molar-refractivity contribution < 1.29 is 9.53 Å². The number of carbonyl (C=O) groups excluding carboxylic acids is 1. The Kier molecular flexibility index (Phi) is 5.47. The second-order valence-electron chi connectivity index (χ2n) is 5.99. The van der Waals surface area contributed by atoms with E-state index in [1.165, 1.54) is 0 Å². The molecule has 0 aromatic heterocycles. The van der Waals surface area contributed by atoms with Crippen LogP contribution in [0.5, 0.6) is 5.75 Å². The van der Waals surface area contributed by atoms with E-state index in [0.717, 1.165) is 38.2 Å². The third-order valence-electron chi connectivity index (χ3n) is 3.58. The lowest BCUT2D eigenvalue weighted by Gasteiger charge is -2.18. The Balaban J connectivity index is 2.11. The first-order valence-electron chi connectivity index (χ1n) is 7.59. The molecule has 1 atom stereocenters. The number of hydrogen-bond donors (Lipinski definition) is 1. The Labute approximate surface area is 146 Å². The summed E-state index contributed by atoms with van der Waals surface area (Å²) in [5.41, 5.74) is 5.04. The van der Waals surface area contributed by atoms with Crippen molar-refractivity contribution in [1.29, 1.82) is 0 Å². The first-order chi connectivity index (χ1) is 10.8. The lowest BCUT2D eigenvalue weighted by Crippen LogP contribution is -2.30. The van der Waals surface area contributed by atoms with Crippen LogP contribution in [0.4, 0.5) is 5.69 Å². The molecule has 1 amide bonds. The lowest BCUT2D eigenvalue weighted by molar-refractivity contribution is -0.122. The number of nitrogens with one attached hydrogen (secondary N) is 1. The predicted octanol–water partition coefficient (Wildman–Crippen LogP) is 5.09. The van der Waals surface area contributed by atoms with Crippen molar-refractivity contribution >= 4 is 27.5 Å². The van der Waals surface area contributed by atoms with Crippen LogP contribution < -0.4 is 10.1 Å². The van der Waals surface area contributed by atoms with E-state index in [4.69, 9.17) is 4.74 Å². The van der Waals surface area contributed by atoms with Crippen LogP contribution in [-0.2, 0) is 4.79 Å². The molecule has 122 valence electrons. The number of benzene rings is 2. The SMILES string of the molecule is Cc1cc(C)cc(NC(=O)C(C)Oc2c(C)cc(Br)cc2C)c1. The van der Waals surface area contributed by atoms with E-state index in [1.807, 2.05) is 52.0 Å². The Hall–Kier alpha value is -1.81. The first-order valence-corrected chi connectivity index (χ1v) is 8.38. The van der Waals surface area contributed by atoms with Crippen LogP contribution >= 0.6 is 15.9 Å². The van der Waals surface area contributed by atoms with Crippen molar-refractivity contribution in [3.8, 4) is 5.75 Å². The Bertz CT molecular complexity index is 697. The maximum atomic E-state index is 12.4. The summed E-state index contributed by atoms with van der Waals surface area (Å²) in [5, 5.41) is 2.92. The number of amides is 1. The van der Waals surface area contributed by atoms with Gasteiger partial charge in [-0.25, -0.2) is 0 Å². The fourth-order valence-corrected chi connectivity index (χ4v) is 3.29. The van der Waals surface area contributed by atoms with Gasteiger partial charge in [-0.15, -0.1) is 0 Å². The second kappa shape index (κ2) is 7.18. The molecule has 2 aromatic rings. The molecule has 0 aliphatic heterocycles. The Morgan fingerprint density at radius 2 is 1.52 bits per heavy atom. The minimum absolute atomic E-state index is 0.156. The van der Waals surface area contributed by atoms with E-state index in [9.17, 15) is 4.79 Å². The highest BCUT2D eigenvalue weighted by Crippen LogP contribution is 2.28. The predicted molar refractivity (Wildman–Crippen MR) is 98.3 cm³/mol. The molecular weight excluding hydrogens is 354 g/mol. The van der Waals surface area contributed by atoms with Crippen LogP contribution in [0.15, 0.2) is 34.8 Å². The standard InChI is InChI=1S/C19H22BrNO2/c1-11-6-12(2)8-17(7-11)21-19(22)15(5)23-18-13(3)9-16(20)10-14(18)4/h6-10,15H,1-5H3,(H,21,22). The molecular formula is C19H22BrNO2. The van der Waals surface area contributed by atoms with Crippen LogP contribution in [0.3, 0.4) is 0 Å². The van der Waals surface area contributed by atoms with Crippen molar-refractivity contribution in [1.82, 2.24) is 0 Å². The first kappa shape index (κ1) is 17.5. The molecule has 0 aliphatic carbocycles. The van der Waals surface area contributed by atoms with Crippen LogP contribution in [0.1, 0.15) is 29.2 Å². The number of aryl methyl sites for hydroxylation is 4. The fourth-order valence-electron chi connectivity index (χ4n) is 2.60. The normalized spacial score (nSPS) is 11.9. The average Bonchev–Trinajstić information content (AvgIpc) is 2.41. The van der Waals surface area contributed by atoms with Crippen molar-refractivity contribution in [3.63, 3.8) is 0 Å². The number of rotatable bonds is 4.